The molecule has 20 heavy (non-hydrogen) atoms. The molecule has 114 valence electrons. The average Bonchev–Trinajstić information content (AvgIpc) is 2.36. The molecule has 0 heterocycles. The van der Waals surface area contributed by atoms with Crippen LogP contribution in [-0.2, 0) is 6.54 Å². The van der Waals surface area contributed by atoms with E-state index in [0.29, 0.717) is 17.9 Å². The topological polar surface area (TPSA) is 15.3 Å². The number of hydrogen-bond acceptors (Lipinski definition) is 2. The van der Waals surface area contributed by atoms with Gasteiger partial charge in [0.15, 0.2) is 0 Å². The predicted octanol–water partition coefficient (Wildman–Crippen LogP) is 4.22. The molecule has 0 saturated carbocycles. The number of benzene rings is 1. The van der Waals surface area contributed by atoms with Crippen LogP contribution in [0, 0.1) is 18.8 Å². The first kappa shape index (κ1) is 17.0. The summed E-state index contributed by atoms with van der Waals surface area (Å²) in [5, 5.41) is 3.57. The summed E-state index contributed by atoms with van der Waals surface area (Å²) in [6.45, 7) is 15.5. The first-order valence-electron chi connectivity index (χ1n) is 7.86. The van der Waals surface area contributed by atoms with E-state index in [-0.39, 0.29) is 0 Å². The van der Waals surface area contributed by atoms with Crippen LogP contribution in [0.1, 0.15) is 45.7 Å². The van der Waals surface area contributed by atoms with Crippen molar-refractivity contribution in [2.24, 2.45) is 11.8 Å². The lowest BCUT2D eigenvalue weighted by Crippen LogP contribution is -2.34. The lowest BCUT2D eigenvalue weighted by atomic mass is 10.0. The fourth-order valence-corrected chi connectivity index (χ4v) is 2.36. The second kappa shape index (κ2) is 7.68. The molecule has 1 unspecified atom stereocenters. The van der Waals surface area contributed by atoms with E-state index in [0.717, 1.165) is 13.1 Å². The highest BCUT2D eigenvalue weighted by Gasteiger charge is 2.16. The number of nitrogens with zero attached hydrogens (tertiary/aromatic N) is 1. The van der Waals surface area contributed by atoms with E-state index in [9.17, 15) is 0 Å². The third-order valence-electron chi connectivity index (χ3n) is 4.06. The molecule has 0 radical (unpaired) electrons. The van der Waals surface area contributed by atoms with E-state index >= 15 is 0 Å². The molecule has 1 rings (SSSR count). The van der Waals surface area contributed by atoms with Gasteiger partial charge in [-0.25, -0.2) is 0 Å². The van der Waals surface area contributed by atoms with Crippen molar-refractivity contribution in [1.29, 1.82) is 0 Å². The minimum Gasteiger partial charge on any atom is -0.371 e. The molecule has 0 aliphatic heterocycles. The van der Waals surface area contributed by atoms with Crippen LogP contribution in [0.2, 0.25) is 0 Å². The Morgan fingerprint density at radius 1 is 1.10 bits per heavy atom. The SMILES string of the molecule is Cc1ccc(N(C)C(C)C(C)C)c(CNCC(C)C)c1. The Bertz CT molecular complexity index is 410. The van der Waals surface area contributed by atoms with Gasteiger partial charge in [0.25, 0.3) is 0 Å². The number of rotatable bonds is 7. The van der Waals surface area contributed by atoms with Crippen LogP contribution in [0.25, 0.3) is 0 Å². The van der Waals surface area contributed by atoms with Gasteiger partial charge in [-0.15, -0.1) is 0 Å². The molecule has 0 fully saturated rings. The summed E-state index contributed by atoms with van der Waals surface area (Å²) >= 11 is 0. The summed E-state index contributed by atoms with van der Waals surface area (Å²) in [6, 6.07) is 7.33. The van der Waals surface area contributed by atoms with Crippen LogP contribution in [0.5, 0.6) is 0 Å². The molecule has 0 saturated heterocycles. The molecule has 1 N–H and O–H groups in total. The standard InChI is InChI=1S/C18H32N2/c1-13(2)11-19-12-17-10-15(5)8-9-18(17)20(7)16(6)14(3)4/h8-10,13-14,16,19H,11-12H2,1-7H3. The zero-order chi connectivity index (χ0) is 15.3. The third kappa shape index (κ3) is 4.82. The average molecular weight is 276 g/mol. The molecule has 0 aliphatic rings. The molecule has 0 amide bonds. The van der Waals surface area contributed by atoms with Crippen molar-refractivity contribution in [2.45, 2.75) is 54.1 Å². The van der Waals surface area contributed by atoms with Crippen molar-refractivity contribution in [2.75, 3.05) is 18.5 Å². The number of nitrogens with one attached hydrogen (secondary N) is 1. The minimum atomic E-state index is 0.543. The summed E-state index contributed by atoms with van der Waals surface area (Å²) in [5.74, 6) is 1.34. The van der Waals surface area contributed by atoms with Crippen LogP contribution in [0.15, 0.2) is 18.2 Å². The van der Waals surface area contributed by atoms with E-state index in [1.54, 1.807) is 0 Å². The summed E-state index contributed by atoms with van der Waals surface area (Å²) in [5.41, 5.74) is 4.09. The van der Waals surface area contributed by atoms with E-state index in [1.807, 2.05) is 0 Å². The van der Waals surface area contributed by atoms with Gasteiger partial charge in [-0.1, -0.05) is 45.4 Å². The van der Waals surface area contributed by atoms with Crippen molar-refractivity contribution < 1.29 is 0 Å². The Labute approximate surface area is 125 Å². The summed E-state index contributed by atoms with van der Waals surface area (Å²) in [7, 11) is 2.21. The van der Waals surface area contributed by atoms with E-state index in [2.05, 4.69) is 77.0 Å². The van der Waals surface area contributed by atoms with Crippen LogP contribution in [-0.4, -0.2) is 19.6 Å². The van der Waals surface area contributed by atoms with Crippen molar-refractivity contribution in [1.82, 2.24) is 5.32 Å². The van der Waals surface area contributed by atoms with Crippen molar-refractivity contribution >= 4 is 5.69 Å². The van der Waals surface area contributed by atoms with Crippen LogP contribution in [0.4, 0.5) is 5.69 Å². The Hall–Kier alpha value is -1.02. The fraction of sp³-hybridized carbons (Fsp3) is 0.667. The lowest BCUT2D eigenvalue weighted by Gasteiger charge is -2.32. The van der Waals surface area contributed by atoms with Crippen molar-refractivity contribution in [3.63, 3.8) is 0 Å². The fourth-order valence-electron chi connectivity index (χ4n) is 2.36. The van der Waals surface area contributed by atoms with Gasteiger partial charge in [0.05, 0.1) is 0 Å². The van der Waals surface area contributed by atoms with E-state index in [1.165, 1.54) is 16.8 Å². The summed E-state index contributed by atoms with van der Waals surface area (Å²) < 4.78 is 0. The number of anilines is 1. The maximum atomic E-state index is 3.57. The lowest BCUT2D eigenvalue weighted by molar-refractivity contribution is 0.503. The number of hydrogen-bond donors (Lipinski definition) is 1. The van der Waals surface area contributed by atoms with Gasteiger partial charge in [-0.3, -0.25) is 0 Å². The van der Waals surface area contributed by atoms with E-state index in [4.69, 9.17) is 0 Å². The smallest absolute Gasteiger partial charge is 0.0411 e. The van der Waals surface area contributed by atoms with Gasteiger partial charge >= 0.3 is 0 Å². The van der Waals surface area contributed by atoms with Gasteiger partial charge in [0.1, 0.15) is 0 Å². The molecule has 0 aromatic heterocycles. The highest BCUT2D eigenvalue weighted by Crippen LogP contribution is 2.25. The maximum Gasteiger partial charge on any atom is 0.0411 e. The molecule has 2 heteroatoms. The van der Waals surface area contributed by atoms with Gasteiger partial charge in [0.2, 0.25) is 0 Å². The Morgan fingerprint density at radius 2 is 1.75 bits per heavy atom. The largest absolute Gasteiger partial charge is 0.371 e. The molecule has 0 aliphatic carbocycles. The van der Waals surface area contributed by atoms with E-state index < -0.39 is 0 Å². The van der Waals surface area contributed by atoms with Gasteiger partial charge in [0, 0.05) is 25.3 Å². The zero-order valence-corrected chi connectivity index (χ0v) is 14.3. The number of aryl methyl sites for hydroxylation is 1. The van der Waals surface area contributed by atoms with Gasteiger partial charge < -0.3 is 10.2 Å². The van der Waals surface area contributed by atoms with Crippen molar-refractivity contribution in [3.8, 4) is 0 Å². The molecule has 2 nitrogen and oxygen atoms in total. The monoisotopic (exact) mass is 276 g/mol. The highest BCUT2D eigenvalue weighted by atomic mass is 15.1. The van der Waals surface area contributed by atoms with Gasteiger partial charge in [-0.05, 0) is 43.9 Å². The normalized spacial score (nSPS) is 13.1. The maximum absolute atomic E-state index is 3.57. The Balaban J connectivity index is 2.89. The van der Waals surface area contributed by atoms with Gasteiger partial charge in [-0.2, -0.15) is 0 Å². The van der Waals surface area contributed by atoms with Crippen LogP contribution in [0.3, 0.4) is 0 Å². The first-order chi connectivity index (χ1) is 9.32. The summed E-state index contributed by atoms with van der Waals surface area (Å²) in [4.78, 5) is 2.41. The zero-order valence-electron chi connectivity index (χ0n) is 14.3. The molecule has 1 aromatic carbocycles. The molecule has 1 aromatic rings. The molecular weight excluding hydrogens is 244 g/mol. The van der Waals surface area contributed by atoms with Crippen LogP contribution >= 0.6 is 0 Å². The quantitative estimate of drug-likeness (QED) is 0.802. The Kier molecular flexibility index (Phi) is 6.54. The minimum absolute atomic E-state index is 0.543. The molecule has 0 bridgehead atoms. The second-order valence-corrected chi connectivity index (χ2v) is 6.75. The van der Waals surface area contributed by atoms with Crippen molar-refractivity contribution in [3.05, 3.63) is 29.3 Å². The summed E-state index contributed by atoms with van der Waals surface area (Å²) in [6.07, 6.45) is 0. The Morgan fingerprint density at radius 3 is 2.30 bits per heavy atom. The highest BCUT2D eigenvalue weighted by molar-refractivity contribution is 5.55. The third-order valence-corrected chi connectivity index (χ3v) is 4.06. The molecular formula is C18H32N2. The molecule has 0 spiro atoms. The second-order valence-electron chi connectivity index (χ2n) is 6.75. The molecule has 1 atom stereocenters. The predicted molar refractivity (Wildman–Crippen MR) is 90.4 cm³/mol. The first-order valence-corrected chi connectivity index (χ1v) is 7.86. The van der Waals surface area contributed by atoms with Crippen LogP contribution < -0.4 is 10.2 Å².